The van der Waals surface area contributed by atoms with Crippen molar-refractivity contribution in [2.24, 2.45) is 5.14 Å². The Morgan fingerprint density at radius 3 is 2.38 bits per heavy atom. The normalized spacial score (nSPS) is 11.4. The van der Waals surface area contributed by atoms with E-state index in [0.717, 1.165) is 0 Å². The Morgan fingerprint density at radius 2 is 1.81 bits per heavy atom. The smallest absolute Gasteiger partial charge is 0.240 e. The number of halogens is 1. The first-order valence-corrected chi connectivity index (χ1v) is 7.83. The quantitative estimate of drug-likeness (QED) is 0.847. The van der Waals surface area contributed by atoms with Gasteiger partial charge in [0.25, 0.3) is 0 Å². The Morgan fingerprint density at radius 1 is 1.14 bits per heavy atom. The number of anilines is 3. The van der Waals surface area contributed by atoms with E-state index in [1.54, 1.807) is 31.2 Å². The molecule has 2 aromatic carbocycles. The highest BCUT2D eigenvalue weighted by Gasteiger charge is 2.21. The van der Waals surface area contributed by atoms with Crippen LogP contribution in [0.4, 0.5) is 21.5 Å². The molecule has 0 saturated carbocycles. The number of para-hydroxylation sites is 1. The molecule has 0 fully saturated rings. The molecule has 2 aromatic rings. The minimum atomic E-state index is -3.98. The second-order valence-corrected chi connectivity index (χ2v) is 6.00. The van der Waals surface area contributed by atoms with Gasteiger partial charge in [-0.05, 0) is 37.3 Å². The van der Waals surface area contributed by atoms with Crippen LogP contribution in [0.1, 0.15) is 6.92 Å². The van der Waals surface area contributed by atoms with Crippen LogP contribution in [-0.2, 0) is 10.0 Å². The molecule has 0 aliphatic carbocycles. The van der Waals surface area contributed by atoms with Crippen molar-refractivity contribution in [3.05, 3.63) is 48.3 Å². The highest BCUT2D eigenvalue weighted by atomic mass is 32.2. The zero-order chi connectivity index (χ0) is 15.6. The van der Waals surface area contributed by atoms with Crippen molar-refractivity contribution in [3.8, 4) is 0 Å². The number of primary sulfonamides is 1. The van der Waals surface area contributed by atoms with Crippen LogP contribution < -0.4 is 15.8 Å². The maximum absolute atomic E-state index is 14.0. The number of rotatable bonds is 4. The van der Waals surface area contributed by atoms with Crippen LogP contribution in [0.3, 0.4) is 0 Å². The van der Waals surface area contributed by atoms with Crippen LogP contribution in [0, 0.1) is 5.82 Å². The second-order valence-electron chi connectivity index (χ2n) is 4.47. The minimum absolute atomic E-state index is 0.132. The van der Waals surface area contributed by atoms with Crippen LogP contribution >= 0.6 is 0 Å². The van der Waals surface area contributed by atoms with Crippen molar-refractivity contribution in [2.45, 2.75) is 11.8 Å². The number of hydrogen-bond donors (Lipinski definition) is 2. The first-order valence-electron chi connectivity index (χ1n) is 6.29. The summed E-state index contributed by atoms with van der Waals surface area (Å²) in [7, 11) is -3.98. The first kappa shape index (κ1) is 15.3. The lowest BCUT2D eigenvalue weighted by Gasteiger charge is -2.25. The first-order chi connectivity index (χ1) is 9.84. The molecule has 0 spiro atoms. The van der Waals surface area contributed by atoms with Gasteiger partial charge in [0.15, 0.2) is 0 Å². The topological polar surface area (TPSA) is 89.4 Å². The molecule has 0 amide bonds. The van der Waals surface area contributed by atoms with Gasteiger partial charge in [-0.2, -0.15) is 0 Å². The van der Waals surface area contributed by atoms with Crippen molar-refractivity contribution in [1.29, 1.82) is 0 Å². The Bertz CT molecular complexity index is 763. The van der Waals surface area contributed by atoms with Gasteiger partial charge in [0.1, 0.15) is 10.7 Å². The van der Waals surface area contributed by atoms with Crippen LogP contribution in [0.2, 0.25) is 0 Å². The highest BCUT2D eigenvalue weighted by molar-refractivity contribution is 7.89. The number of nitrogen functional groups attached to an aromatic ring is 1. The molecular weight excluding hydrogens is 293 g/mol. The van der Waals surface area contributed by atoms with E-state index >= 15 is 0 Å². The summed E-state index contributed by atoms with van der Waals surface area (Å²) in [6.07, 6.45) is 0. The predicted molar refractivity (Wildman–Crippen MR) is 81.3 cm³/mol. The van der Waals surface area contributed by atoms with Gasteiger partial charge >= 0.3 is 0 Å². The molecule has 112 valence electrons. The number of nitrogens with zero attached hydrogens (tertiary/aromatic N) is 1. The number of benzene rings is 2. The summed E-state index contributed by atoms with van der Waals surface area (Å²) in [5.41, 5.74) is 6.46. The van der Waals surface area contributed by atoms with Crippen LogP contribution in [0.25, 0.3) is 0 Å². The fourth-order valence-corrected chi connectivity index (χ4v) is 2.89. The van der Waals surface area contributed by atoms with E-state index < -0.39 is 15.8 Å². The Balaban J connectivity index is 2.67. The summed E-state index contributed by atoms with van der Waals surface area (Å²) >= 11 is 0. The summed E-state index contributed by atoms with van der Waals surface area (Å²) in [6.45, 7) is 2.16. The molecule has 5 nitrogen and oxygen atoms in total. The molecule has 0 radical (unpaired) electrons. The fraction of sp³-hybridized carbons (Fsp3) is 0.143. The molecular formula is C14H16FN3O2S. The second kappa shape index (κ2) is 5.71. The molecule has 0 aliphatic rings. The van der Waals surface area contributed by atoms with E-state index in [9.17, 15) is 12.8 Å². The number of nitrogens with two attached hydrogens (primary N) is 2. The summed E-state index contributed by atoms with van der Waals surface area (Å²) in [6, 6.07) is 10.5. The van der Waals surface area contributed by atoms with Crippen LogP contribution in [-0.4, -0.2) is 15.0 Å². The molecule has 0 aliphatic heterocycles. The zero-order valence-corrected chi connectivity index (χ0v) is 12.3. The lowest BCUT2D eigenvalue weighted by molar-refractivity contribution is 0.597. The van der Waals surface area contributed by atoms with E-state index in [1.807, 2.05) is 0 Å². The van der Waals surface area contributed by atoms with Crippen molar-refractivity contribution >= 4 is 27.1 Å². The van der Waals surface area contributed by atoms with E-state index in [2.05, 4.69) is 0 Å². The van der Waals surface area contributed by atoms with Crippen molar-refractivity contribution in [3.63, 3.8) is 0 Å². The number of hydrogen-bond acceptors (Lipinski definition) is 4. The van der Waals surface area contributed by atoms with E-state index in [0.29, 0.717) is 12.2 Å². The fourth-order valence-electron chi connectivity index (χ4n) is 2.12. The third-order valence-electron chi connectivity index (χ3n) is 3.04. The van der Waals surface area contributed by atoms with E-state index in [1.165, 1.54) is 23.1 Å². The molecule has 4 N–H and O–H groups in total. The largest absolute Gasteiger partial charge is 0.399 e. The van der Waals surface area contributed by atoms with Gasteiger partial charge in [0.2, 0.25) is 10.0 Å². The third-order valence-corrected chi connectivity index (χ3v) is 3.98. The maximum Gasteiger partial charge on any atom is 0.240 e. The Kier molecular flexibility index (Phi) is 4.15. The van der Waals surface area contributed by atoms with E-state index in [-0.39, 0.29) is 16.3 Å². The molecule has 0 unspecified atom stereocenters. The molecule has 0 saturated heterocycles. The van der Waals surface area contributed by atoms with E-state index in [4.69, 9.17) is 10.9 Å². The van der Waals surface area contributed by atoms with Gasteiger partial charge in [-0.3, -0.25) is 0 Å². The van der Waals surface area contributed by atoms with Crippen molar-refractivity contribution in [1.82, 2.24) is 0 Å². The molecule has 0 atom stereocenters. The highest BCUT2D eigenvalue weighted by Crippen LogP contribution is 2.33. The molecule has 0 aromatic heterocycles. The van der Waals surface area contributed by atoms with Crippen molar-refractivity contribution < 1.29 is 12.8 Å². The summed E-state index contributed by atoms with van der Waals surface area (Å²) < 4.78 is 37.5. The molecule has 7 heteroatoms. The van der Waals surface area contributed by atoms with Gasteiger partial charge < -0.3 is 10.6 Å². The zero-order valence-electron chi connectivity index (χ0n) is 11.5. The lowest BCUT2D eigenvalue weighted by atomic mass is 10.2. The van der Waals surface area contributed by atoms with Crippen LogP contribution in [0.15, 0.2) is 47.4 Å². The summed E-state index contributed by atoms with van der Waals surface area (Å²) in [5, 5.41) is 5.23. The molecule has 0 heterocycles. The van der Waals surface area contributed by atoms with Gasteiger partial charge in [0, 0.05) is 12.2 Å². The molecule has 2 rings (SSSR count). The molecule has 0 bridgehead atoms. The number of sulfonamides is 1. The standard InChI is InChI=1S/C14H16FN3O2S/c1-2-18(12-6-4-3-5-11(12)15)13-8-7-10(16)9-14(13)21(17,19)20/h3-9H,2,16H2,1H3,(H2,17,19,20). The van der Waals surface area contributed by atoms with Crippen molar-refractivity contribution in [2.75, 3.05) is 17.2 Å². The minimum Gasteiger partial charge on any atom is -0.399 e. The monoisotopic (exact) mass is 309 g/mol. The average molecular weight is 309 g/mol. The summed E-state index contributed by atoms with van der Waals surface area (Å²) in [4.78, 5) is 1.40. The maximum atomic E-state index is 14.0. The van der Waals surface area contributed by atoms with Gasteiger partial charge in [-0.25, -0.2) is 17.9 Å². The van der Waals surface area contributed by atoms with Gasteiger partial charge in [-0.15, -0.1) is 0 Å². The summed E-state index contributed by atoms with van der Waals surface area (Å²) in [5.74, 6) is -0.448. The van der Waals surface area contributed by atoms with Gasteiger partial charge in [-0.1, -0.05) is 12.1 Å². The van der Waals surface area contributed by atoms with Gasteiger partial charge in [0.05, 0.1) is 11.4 Å². The van der Waals surface area contributed by atoms with Crippen LogP contribution in [0.5, 0.6) is 0 Å². The lowest BCUT2D eigenvalue weighted by Crippen LogP contribution is -2.22. The Labute approximate surface area is 123 Å². The molecule has 21 heavy (non-hydrogen) atoms. The SMILES string of the molecule is CCN(c1ccccc1F)c1ccc(N)cc1S(N)(=O)=O. The predicted octanol–water partition coefficient (Wildman–Crippen LogP) is 2.21. The third kappa shape index (κ3) is 3.14. The Hall–Kier alpha value is -2.12. The average Bonchev–Trinajstić information content (AvgIpc) is 2.42.